The van der Waals surface area contributed by atoms with Crippen LogP contribution in [0.1, 0.15) is 130 Å². The number of aliphatic hydroxyl groups is 1. The Bertz CT molecular complexity index is 787. The van der Waals surface area contributed by atoms with Gasteiger partial charge in [-0.15, -0.1) is 0 Å². The van der Waals surface area contributed by atoms with Crippen molar-refractivity contribution in [2.45, 2.75) is 142 Å². The molecule has 0 aromatic rings. The molecule has 198 valence electrons. The molecule has 4 unspecified atom stereocenters. The summed E-state index contributed by atoms with van der Waals surface area (Å²) in [5.74, 6) is 1.30. The third-order valence-electron chi connectivity index (χ3n) is 10.6. The van der Waals surface area contributed by atoms with Gasteiger partial charge in [0.2, 0.25) is 0 Å². The first-order valence-electron chi connectivity index (χ1n) is 14.9. The highest BCUT2D eigenvalue weighted by molar-refractivity contribution is 5.87. The maximum atomic E-state index is 12.6. The van der Waals surface area contributed by atoms with Gasteiger partial charge in [-0.05, 0) is 61.7 Å². The van der Waals surface area contributed by atoms with E-state index in [2.05, 4.69) is 26.8 Å². The molecule has 0 bridgehead atoms. The Morgan fingerprint density at radius 3 is 2.29 bits per heavy atom. The number of Topliss-reactive ketones (excluding diaryl/α,β-unsaturated/α-hetero) is 1. The maximum Gasteiger partial charge on any atom is 0.306 e. The van der Waals surface area contributed by atoms with Crippen LogP contribution in [-0.4, -0.2) is 29.1 Å². The normalized spacial score (nSPS) is 38.3. The van der Waals surface area contributed by atoms with E-state index >= 15 is 0 Å². The summed E-state index contributed by atoms with van der Waals surface area (Å²) in [6.07, 6.45) is 19.6. The van der Waals surface area contributed by atoms with Gasteiger partial charge in [-0.1, -0.05) is 83.8 Å². The number of ketones is 1. The van der Waals surface area contributed by atoms with E-state index < -0.39 is 6.10 Å². The Hall–Kier alpha value is -1.16. The molecular formula is C31H50O4. The van der Waals surface area contributed by atoms with E-state index in [0.29, 0.717) is 30.5 Å². The molecule has 0 aromatic carbocycles. The number of rotatable bonds is 11. The number of carbonyl (C=O) groups is 2. The molecule has 4 aliphatic rings. The van der Waals surface area contributed by atoms with Crippen molar-refractivity contribution < 1.29 is 19.4 Å². The highest BCUT2D eigenvalue weighted by Gasteiger charge is 2.60. The van der Waals surface area contributed by atoms with E-state index in [1.54, 1.807) is 0 Å². The Balaban J connectivity index is 1.25. The van der Waals surface area contributed by atoms with E-state index in [1.165, 1.54) is 50.5 Å². The molecule has 4 nitrogen and oxygen atoms in total. The Morgan fingerprint density at radius 2 is 1.57 bits per heavy atom. The second-order valence-electron chi connectivity index (χ2n) is 12.7. The molecule has 0 radical (unpaired) electrons. The second kappa shape index (κ2) is 11.5. The molecular weight excluding hydrogens is 436 g/mol. The first-order valence-corrected chi connectivity index (χ1v) is 14.9. The topological polar surface area (TPSA) is 63.6 Å². The van der Waals surface area contributed by atoms with E-state index in [0.717, 1.165) is 51.4 Å². The van der Waals surface area contributed by atoms with E-state index in [4.69, 9.17) is 4.74 Å². The molecule has 4 aliphatic carbocycles. The highest BCUT2D eigenvalue weighted by Crippen LogP contribution is 2.64. The lowest BCUT2D eigenvalue weighted by molar-refractivity contribution is -0.152. The average Bonchev–Trinajstić information content (AvgIpc) is 3.13. The minimum absolute atomic E-state index is 0.0470. The highest BCUT2D eigenvalue weighted by atomic mass is 16.5. The van der Waals surface area contributed by atoms with Crippen LogP contribution in [0.3, 0.4) is 0 Å². The lowest BCUT2D eigenvalue weighted by Gasteiger charge is -2.58. The van der Waals surface area contributed by atoms with Crippen molar-refractivity contribution in [1.82, 2.24) is 0 Å². The van der Waals surface area contributed by atoms with Gasteiger partial charge < -0.3 is 9.84 Å². The van der Waals surface area contributed by atoms with Gasteiger partial charge in [-0.2, -0.15) is 0 Å². The van der Waals surface area contributed by atoms with Gasteiger partial charge in [0.15, 0.2) is 0 Å². The molecule has 1 N–H and O–H groups in total. The molecule has 35 heavy (non-hydrogen) atoms. The van der Waals surface area contributed by atoms with Crippen LogP contribution in [0.2, 0.25) is 0 Å². The van der Waals surface area contributed by atoms with Crippen molar-refractivity contribution in [3.63, 3.8) is 0 Å². The fraction of sp³-hybridized carbons (Fsp3) is 0.871. The second-order valence-corrected chi connectivity index (χ2v) is 12.7. The number of carbonyl (C=O) groups excluding carboxylic acids is 2. The van der Waals surface area contributed by atoms with Gasteiger partial charge >= 0.3 is 5.97 Å². The largest absolute Gasteiger partial charge is 0.462 e. The smallest absolute Gasteiger partial charge is 0.306 e. The summed E-state index contributed by atoms with van der Waals surface area (Å²) >= 11 is 0. The maximum absolute atomic E-state index is 12.6. The van der Waals surface area contributed by atoms with Crippen LogP contribution in [0.25, 0.3) is 0 Å². The Labute approximate surface area is 213 Å². The Kier molecular flexibility index (Phi) is 8.82. The molecule has 0 aliphatic heterocycles. The molecule has 3 saturated carbocycles. The van der Waals surface area contributed by atoms with Crippen molar-refractivity contribution in [3.8, 4) is 0 Å². The van der Waals surface area contributed by atoms with E-state index in [-0.39, 0.29) is 28.8 Å². The van der Waals surface area contributed by atoms with Crippen molar-refractivity contribution in [2.75, 3.05) is 0 Å². The van der Waals surface area contributed by atoms with Gasteiger partial charge in [0.05, 0.1) is 6.10 Å². The van der Waals surface area contributed by atoms with Gasteiger partial charge in [-0.25, -0.2) is 0 Å². The molecule has 0 spiro atoms. The van der Waals surface area contributed by atoms with Gasteiger partial charge in [0, 0.05) is 24.7 Å². The van der Waals surface area contributed by atoms with Gasteiger partial charge in [0.1, 0.15) is 11.9 Å². The van der Waals surface area contributed by atoms with Crippen LogP contribution in [0.15, 0.2) is 11.6 Å². The zero-order valence-electron chi connectivity index (χ0n) is 22.7. The SMILES string of the molecule is CCCCCCCCCCCC(=O)O[C@H]1CC[C@@]2(C)C(=CC(O)C3C2CC[C@]2(C)C(=O)CCC32)C1. The number of fused-ring (bicyclic) bond motifs is 5. The fourth-order valence-electron chi connectivity index (χ4n) is 8.31. The number of hydrogen-bond acceptors (Lipinski definition) is 4. The lowest BCUT2D eigenvalue weighted by Crippen LogP contribution is -2.54. The summed E-state index contributed by atoms with van der Waals surface area (Å²) in [7, 11) is 0. The minimum atomic E-state index is -0.477. The summed E-state index contributed by atoms with van der Waals surface area (Å²) in [5, 5.41) is 11.2. The predicted molar refractivity (Wildman–Crippen MR) is 140 cm³/mol. The molecule has 3 fully saturated rings. The minimum Gasteiger partial charge on any atom is -0.462 e. The number of unbranched alkanes of at least 4 members (excludes halogenated alkanes) is 8. The number of hydrogen-bond donors (Lipinski definition) is 1. The zero-order valence-corrected chi connectivity index (χ0v) is 22.7. The monoisotopic (exact) mass is 486 g/mol. The number of aliphatic hydroxyl groups excluding tert-OH is 1. The summed E-state index contributed by atoms with van der Waals surface area (Å²) in [5.41, 5.74) is 1.13. The quantitative estimate of drug-likeness (QED) is 0.189. The molecule has 0 aromatic heterocycles. The van der Waals surface area contributed by atoms with E-state index in [9.17, 15) is 14.7 Å². The third-order valence-corrected chi connectivity index (χ3v) is 10.6. The molecule has 0 heterocycles. The average molecular weight is 487 g/mol. The number of ether oxygens (including phenoxy) is 1. The molecule has 0 saturated heterocycles. The van der Waals surface area contributed by atoms with Crippen LogP contribution < -0.4 is 0 Å². The van der Waals surface area contributed by atoms with Crippen LogP contribution in [-0.2, 0) is 14.3 Å². The van der Waals surface area contributed by atoms with Gasteiger partial charge in [0.25, 0.3) is 0 Å². The fourth-order valence-corrected chi connectivity index (χ4v) is 8.31. The summed E-state index contributed by atoms with van der Waals surface area (Å²) < 4.78 is 5.92. The third kappa shape index (κ3) is 5.58. The zero-order chi connectivity index (χ0) is 25.1. The van der Waals surface area contributed by atoms with Gasteiger partial charge in [-0.3, -0.25) is 9.59 Å². The predicted octanol–water partition coefficient (Wildman–Crippen LogP) is 7.32. The van der Waals surface area contributed by atoms with Crippen LogP contribution in [0, 0.1) is 28.6 Å². The van der Waals surface area contributed by atoms with Crippen molar-refractivity contribution in [1.29, 1.82) is 0 Å². The first kappa shape index (κ1) is 26.9. The van der Waals surface area contributed by atoms with Crippen LogP contribution in [0.4, 0.5) is 0 Å². The van der Waals surface area contributed by atoms with Crippen molar-refractivity contribution >= 4 is 11.8 Å². The molecule has 0 amide bonds. The number of esters is 1. The summed E-state index contributed by atoms with van der Waals surface area (Å²) in [4.78, 5) is 25.2. The lowest BCUT2D eigenvalue weighted by atomic mass is 9.47. The Morgan fingerprint density at radius 1 is 0.943 bits per heavy atom. The summed E-state index contributed by atoms with van der Waals surface area (Å²) in [6.45, 7) is 6.78. The standard InChI is InChI=1S/C31H50O4/c1-4-5-6-7-8-9-10-11-12-13-28(34)35-23-16-18-30(2)22(20-23)21-26(32)29-24-14-15-27(33)31(24,3)19-17-25(29)30/h21,23-26,29,32H,4-20H2,1-3H3/t23-,24?,25?,26?,29?,30-,31-/m0/s1. The molecule has 4 heteroatoms. The molecule has 7 atom stereocenters. The van der Waals surface area contributed by atoms with Crippen molar-refractivity contribution in [2.24, 2.45) is 28.6 Å². The van der Waals surface area contributed by atoms with Crippen LogP contribution in [0.5, 0.6) is 0 Å². The van der Waals surface area contributed by atoms with E-state index in [1.807, 2.05) is 0 Å². The summed E-state index contributed by atoms with van der Waals surface area (Å²) in [6, 6.07) is 0. The first-order chi connectivity index (χ1) is 16.8. The van der Waals surface area contributed by atoms with Crippen LogP contribution >= 0.6 is 0 Å². The molecule has 4 rings (SSSR count). The van der Waals surface area contributed by atoms with Crippen molar-refractivity contribution in [3.05, 3.63) is 11.6 Å².